The van der Waals surface area contributed by atoms with Crippen molar-refractivity contribution in [3.8, 4) is 0 Å². The molecule has 0 aliphatic heterocycles. The Balaban J connectivity index is 0.00000311. The van der Waals surface area contributed by atoms with Crippen LogP contribution < -0.4 is 5.32 Å². The number of Topliss-reactive ketones (excluding diaryl/α,β-unsaturated/α-hetero) is 1. The van der Waals surface area contributed by atoms with Gasteiger partial charge >= 0.3 is 0 Å². The molecule has 0 bridgehead atoms. The van der Waals surface area contributed by atoms with Crippen LogP contribution in [0.1, 0.15) is 123 Å². The predicted molar refractivity (Wildman–Crippen MR) is 140 cm³/mol. The highest BCUT2D eigenvalue weighted by atomic mass is 16.3. The number of hydrogen-bond donors (Lipinski definition) is 2. The Morgan fingerprint density at radius 3 is 2.22 bits per heavy atom. The minimum atomic E-state index is -0.443. The first-order chi connectivity index (χ1) is 14.9. The molecule has 32 heavy (non-hydrogen) atoms. The maximum Gasteiger partial charge on any atom is 0.133 e. The zero-order chi connectivity index (χ0) is 23.3. The van der Waals surface area contributed by atoms with Crippen LogP contribution in [0.2, 0.25) is 0 Å². The molecule has 1 saturated carbocycles. The molecular formula is C29H53NO2. The first kappa shape index (κ1) is 30.8. The van der Waals surface area contributed by atoms with E-state index in [4.69, 9.17) is 0 Å². The molecule has 0 amide bonds. The molecule has 1 fully saturated rings. The third-order valence-corrected chi connectivity index (χ3v) is 6.95. The van der Waals surface area contributed by atoms with Crippen molar-refractivity contribution in [3.05, 3.63) is 35.4 Å². The highest BCUT2D eigenvalue weighted by Crippen LogP contribution is 2.37. The molecule has 0 spiro atoms. The Kier molecular flexibility index (Phi) is 15.8. The lowest BCUT2D eigenvalue weighted by Gasteiger charge is -2.30. The summed E-state index contributed by atoms with van der Waals surface area (Å²) in [5.74, 6) is 1.21. The average molecular weight is 448 g/mol. The summed E-state index contributed by atoms with van der Waals surface area (Å²) >= 11 is 0. The molecule has 0 heterocycles. The first-order valence-corrected chi connectivity index (χ1v) is 12.8. The van der Waals surface area contributed by atoms with Gasteiger partial charge in [0.15, 0.2) is 0 Å². The third-order valence-electron chi connectivity index (χ3n) is 6.95. The van der Waals surface area contributed by atoms with Gasteiger partial charge in [-0.05, 0) is 74.5 Å². The number of hydrogen-bond acceptors (Lipinski definition) is 3. The summed E-state index contributed by atoms with van der Waals surface area (Å²) in [6.07, 6.45) is 11.3. The van der Waals surface area contributed by atoms with E-state index in [1.54, 1.807) is 0 Å². The van der Waals surface area contributed by atoms with E-state index in [1.165, 1.54) is 37.7 Å². The average Bonchev–Trinajstić information content (AvgIpc) is 2.79. The minimum absolute atomic E-state index is 0. The number of nitrogens with one attached hydrogen (secondary N) is 1. The van der Waals surface area contributed by atoms with E-state index < -0.39 is 6.10 Å². The van der Waals surface area contributed by atoms with Crippen molar-refractivity contribution < 1.29 is 9.90 Å². The topological polar surface area (TPSA) is 49.3 Å². The monoisotopic (exact) mass is 447 g/mol. The number of aryl methyl sites for hydroxylation is 1. The number of carbonyl (C=O) groups excluding carboxylic acids is 1. The molecule has 2 N–H and O–H groups in total. The lowest BCUT2D eigenvalue weighted by Crippen LogP contribution is -2.30. The summed E-state index contributed by atoms with van der Waals surface area (Å²) in [5.41, 5.74) is 2.05. The van der Waals surface area contributed by atoms with Crippen LogP contribution in [0, 0.1) is 11.3 Å². The van der Waals surface area contributed by atoms with Crippen molar-refractivity contribution in [1.29, 1.82) is 0 Å². The second kappa shape index (κ2) is 16.4. The molecule has 1 aliphatic carbocycles. The largest absolute Gasteiger partial charge is 0.388 e. The normalized spacial score (nSPS) is 19.3. The summed E-state index contributed by atoms with van der Waals surface area (Å²) in [4.78, 5) is 12.3. The van der Waals surface area contributed by atoms with Gasteiger partial charge in [-0.1, -0.05) is 79.2 Å². The van der Waals surface area contributed by atoms with Gasteiger partial charge in [-0.2, -0.15) is 0 Å². The number of rotatable bonds is 12. The molecule has 3 nitrogen and oxygen atoms in total. The number of ketones is 1. The molecule has 0 aromatic heterocycles. The van der Waals surface area contributed by atoms with E-state index in [1.807, 2.05) is 26.0 Å². The molecule has 1 aromatic rings. The summed E-state index contributed by atoms with van der Waals surface area (Å²) in [5, 5.41) is 14.0. The van der Waals surface area contributed by atoms with E-state index in [0.29, 0.717) is 18.2 Å². The van der Waals surface area contributed by atoms with Crippen LogP contribution in [-0.4, -0.2) is 24.0 Å². The Bertz CT molecular complexity index is 600. The van der Waals surface area contributed by atoms with Crippen molar-refractivity contribution >= 4 is 5.78 Å². The Hall–Kier alpha value is -1.19. The van der Waals surface area contributed by atoms with Crippen LogP contribution in [0.25, 0.3) is 0 Å². The molecule has 3 heteroatoms. The van der Waals surface area contributed by atoms with Crippen LogP contribution in [0.3, 0.4) is 0 Å². The highest BCUT2D eigenvalue weighted by Gasteiger charge is 2.28. The zero-order valence-electron chi connectivity index (χ0n) is 21.2. The van der Waals surface area contributed by atoms with Crippen LogP contribution in [0.4, 0.5) is 0 Å². The number of benzene rings is 1. The fourth-order valence-electron chi connectivity index (χ4n) is 4.84. The standard InChI is InChI=1S/C26H43NO2.C2H6.CH4/c1-5-19-26(2,3)25(29)22-14-9-21(10-15-22)13-18-24(28)8-6-7-20-11-16-23(27-4)17-12-20;1-2;/h9-10,14-15,20,23,25,27,29H,5-8,11-13,16-19H2,1-4H3;1-2H3;1H4. The van der Waals surface area contributed by atoms with Crippen LogP contribution in [0.15, 0.2) is 24.3 Å². The Morgan fingerprint density at radius 1 is 1.09 bits per heavy atom. The van der Waals surface area contributed by atoms with Crippen LogP contribution in [0.5, 0.6) is 0 Å². The van der Waals surface area contributed by atoms with E-state index >= 15 is 0 Å². The lowest BCUT2D eigenvalue weighted by atomic mass is 9.79. The van der Waals surface area contributed by atoms with Gasteiger partial charge in [0.25, 0.3) is 0 Å². The van der Waals surface area contributed by atoms with Gasteiger partial charge in [0, 0.05) is 18.9 Å². The molecule has 1 unspecified atom stereocenters. The molecule has 0 radical (unpaired) electrons. The van der Waals surface area contributed by atoms with Crippen molar-refractivity contribution in [3.63, 3.8) is 0 Å². The highest BCUT2D eigenvalue weighted by molar-refractivity contribution is 5.78. The van der Waals surface area contributed by atoms with Crippen LogP contribution in [-0.2, 0) is 11.2 Å². The Labute approximate surface area is 199 Å². The van der Waals surface area contributed by atoms with Crippen molar-refractivity contribution in [2.75, 3.05) is 7.05 Å². The summed E-state index contributed by atoms with van der Waals surface area (Å²) < 4.78 is 0. The van der Waals surface area contributed by atoms with Gasteiger partial charge in [-0.3, -0.25) is 4.79 Å². The molecule has 1 aromatic carbocycles. The quantitative estimate of drug-likeness (QED) is 0.346. The number of aliphatic hydroxyl groups excluding tert-OH is 1. The van der Waals surface area contributed by atoms with Crippen molar-refractivity contribution in [2.24, 2.45) is 11.3 Å². The molecule has 186 valence electrons. The number of carbonyl (C=O) groups is 1. The Morgan fingerprint density at radius 2 is 1.69 bits per heavy atom. The predicted octanol–water partition coefficient (Wildman–Crippen LogP) is 7.66. The van der Waals surface area contributed by atoms with Gasteiger partial charge < -0.3 is 10.4 Å². The second-order valence-electron chi connectivity index (χ2n) is 9.82. The molecule has 0 saturated heterocycles. The van der Waals surface area contributed by atoms with Gasteiger partial charge in [0.2, 0.25) is 0 Å². The van der Waals surface area contributed by atoms with Crippen molar-refractivity contribution in [1.82, 2.24) is 5.32 Å². The summed E-state index contributed by atoms with van der Waals surface area (Å²) in [7, 11) is 2.06. The zero-order valence-corrected chi connectivity index (χ0v) is 21.2. The summed E-state index contributed by atoms with van der Waals surface area (Å²) in [6, 6.07) is 8.92. The lowest BCUT2D eigenvalue weighted by molar-refractivity contribution is -0.119. The maximum absolute atomic E-state index is 12.3. The summed E-state index contributed by atoms with van der Waals surface area (Å²) in [6.45, 7) is 10.4. The molecule has 2 rings (SSSR count). The molecule has 1 atom stereocenters. The molecular weight excluding hydrogens is 394 g/mol. The third kappa shape index (κ3) is 10.6. The second-order valence-corrected chi connectivity index (χ2v) is 9.82. The van der Waals surface area contributed by atoms with Gasteiger partial charge in [0.05, 0.1) is 6.10 Å². The van der Waals surface area contributed by atoms with E-state index in [2.05, 4.69) is 45.3 Å². The van der Waals surface area contributed by atoms with E-state index in [0.717, 1.165) is 43.6 Å². The van der Waals surface area contributed by atoms with Crippen LogP contribution >= 0.6 is 0 Å². The first-order valence-electron chi connectivity index (χ1n) is 12.8. The fourth-order valence-corrected chi connectivity index (χ4v) is 4.84. The van der Waals surface area contributed by atoms with E-state index in [9.17, 15) is 9.90 Å². The smallest absolute Gasteiger partial charge is 0.133 e. The van der Waals surface area contributed by atoms with Gasteiger partial charge in [0.1, 0.15) is 5.78 Å². The van der Waals surface area contributed by atoms with E-state index in [-0.39, 0.29) is 12.8 Å². The van der Waals surface area contributed by atoms with Gasteiger partial charge in [-0.25, -0.2) is 0 Å². The maximum atomic E-state index is 12.3. The SMILES string of the molecule is C.CC.CCCC(C)(C)C(O)c1ccc(CCC(=O)CCCC2CCC(NC)CC2)cc1. The number of aliphatic hydroxyl groups is 1. The fraction of sp³-hybridized carbons (Fsp3) is 0.759. The molecule has 1 aliphatic rings. The minimum Gasteiger partial charge on any atom is -0.388 e. The van der Waals surface area contributed by atoms with Crippen molar-refractivity contribution in [2.45, 2.75) is 125 Å². The van der Waals surface area contributed by atoms with Gasteiger partial charge in [-0.15, -0.1) is 0 Å².